The smallest absolute Gasteiger partial charge is 0.0101 e. The fourth-order valence-electron chi connectivity index (χ4n) is 2.56. The summed E-state index contributed by atoms with van der Waals surface area (Å²) in [5, 5.41) is 0. The molecule has 11 heavy (non-hydrogen) atoms. The van der Waals surface area contributed by atoms with Crippen LogP contribution >= 0.6 is 0 Å². The van der Waals surface area contributed by atoms with Crippen LogP contribution in [0.2, 0.25) is 0 Å². The fourth-order valence-corrected chi connectivity index (χ4v) is 2.56. The van der Waals surface area contributed by atoms with Gasteiger partial charge in [0.15, 0.2) is 0 Å². The number of hydrogen-bond acceptors (Lipinski definition) is 0. The van der Waals surface area contributed by atoms with E-state index in [1.807, 2.05) is 13.8 Å². The second kappa shape index (κ2) is 2.51. The van der Waals surface area contributed by atoms with Crippen LogP contribution < -0.4 is 0 Å². The van der Waals surface area contributed by atoms with Gasteiger partial charge in [0.2, 0.25) is 0 Å². The molecule has 4 atom stereocenters. The highest BCUT2D eigenvalue weighted by atomic mass is 14.5. The minimum Gasteiger partial charge on any atom is -0.0879 e. The average molecular weight is 148 g/mol. The van der Waals surface area contributed by atoms with Crippen molar-refractivity contribution in [3.63, 3.8) is 0 Å². The first-order valence-corrected chi connectivity index (χ1v) is 4.82. The Hall–Kier alpha value is -0.520. The molecule has 0 aliphatic heterocycles. The summed E-state index contributed by atoms with van der Waals surface area (Å²) in [7, 11) is 0. The molecule has 3 aliphatic carbocycles. The predicted molar refractivity (Wildman–Crippen MR) is 48.2 cm³/mol. The molecule has 3 rings (SSSR count). The zero-order chi connectivity index (χ0) is 7.84. The lowest BCUT2D eigenvalue weighted by molar-refractivity contribution is 0.0714. The van der Waals surface area contributed by atoms with Gasteiger partial charge in [0.1, 0.15) is 0 Å². The van der Waals surface area contributed by atoms with Crippen molar-refractivity contribution in [2.45, 2.75) is 20.3 Å². The second-order valence-electron chi connectivity index (χ2n) is 3.44. The molecular formula is C11H16. The van der Waals surface area contributed by atoms with E-state index in [-0.39, 0.29) is 0 Å². The van der Waals surface area contributed by atoms with Crippen molar-refractivity contribution < 1.29 is 0 Å². The van der Waals surface area contributed by atoms with E-state index in [2.05, 4.69) is 24.3 Å². The Kier molecular flexibility index (Phi) is 1.63. The highest BCUT2D eigenvalue weighted by molar-refractivity contribution is 5.28. The van der Waals surface area contributed by atoms with Crippen LogP contribution in [0.25, 0.3) is 0 Å². The van der Waals surface area contributed by atoms with Crippen molar-refractivity contribution in [1.29, 1.82) is 0 Å². The third-order valence-electron chi connectivity index (χ3n) is 3.20. The SMILES string of the molecule is C1=CC2C3C=CC3C2C1.CC. The van der Waals surface area contributed by atoms with E-state index in [1.54, 1.807) is 0 Å². The number of hydrogen-bond donors (Lipinski definition) is 0. The summed E-state index contributed by atoms with van der Waals surface area (Å²) in [6.07, 6.45) is 10.9. The summed E-state index contributed by atoms with van der Waals surface area (Å²) in [4.78, 5) is 0. The van der Waals surface area contributed by atoms with Gasteiger partial charge >= 0.3 is 0 Å². The standard InChI is InChI=1S/C9H10.C2H6/c1-2-6-7(3-1)9-5-4-8(6)9;1-2/h1-2,4-9H,3H2;1-2H3. The van der Waals surface area contributed by atoms with Crippen LogP contribution in [0.3, 0.4) is 0 Å². The van der Waals surface area contributed by atoms with Gasteiger partial charge in [0.05, 0.1) is 0 Å². The van der Waals surface area contributed by atoms with Crippen LogP contribution in [-0.4, -0.2) is 0 Å². The maximum Gasteiger partial charge on any atom is -0.0101 e. The maximum atomic E-state index is 2.41. The zero-order valence-electron chi connectivity index (χ0n) is 7.33. The Bertz CT molecular complexity index is 200. The lowest BCUT2D eigenvalue weighted by Crippen LogP contribution is -2.46. The van der Waals surface area contributed by atoms with E-state index in [0.717, 1.165) is 23.7 Å². The van der Waals surface area contributed by atoms with Gasteiger partial charge < -0.3 is 0 Å². The Morgan fingerprint density at radius 1 is 0.909 bits per heavy atom. The van der Waals surface area contributed by atoms with Crippen LogP contribution in [-0.2, 0) is 0 Å². The normalized spacial score (nSPS) is 47.8. The molecule has 1 fully saturated rings. The molecule has 0 radical (unpaired) electrons. The molecule has 0 spiro atoms. The molecular weight excluding hydrogens is 132 g/mol. The minimum absolute atomic E-state index is 0.958. The molecule has 0 aromatic heterocycles. The fraction of sp³-hybridized carbons (Fsp3) is 0.636. The van der Waals surface area contributed by atoms with Crippen LogP contribution in [0.15, 0.2) is 24.3 Å². The van der Waals surface area contributed by atoms with E-state index in [0.29, 0.717) is 0 Å². The molecule has 0 bridgehead atoms. The van der Waals surface area contributed by atoms with Gasteiger partial charge in [-0.2, -0.15) is 0 Å². The zero-order valence-corrected chi connectivity index (χ0v) is 7.33. The predicted octanol–water partition coefficient (Wildman–Crippen LogP) is 3.02. The topological polar surface area (TPSA) is 0 Å². The minimum atomic E-state index is 0.958. The van der Waals surface area contributed by atoms with Crippen LogP contribution in [0.1, 0.15) is 20.3 Å². The van der Waals surface area contributed by atoms with Gasteiger partial charge in [-0.25, -0.2) is 0 Å². The van der Waals surface area contributed by atoms with Gasteiger partial charge in [0.25, 0.3) is 0 Å². The molecule has 0 amide bonds. The monoisotopic (exact) mass is 148 g/mol. The van der Waals surface area contributed by atoms with Crippen molar-refractivity contribution in [2.24, 2.45) is 23.7 Å². The molecule has 0 nitrogen and oxygen atoms in total. The summed E-state index contributed by atoms with van der Waals surface area (Å²) in [5.74, 6) is 3.94. The highest BCUT2D eigenvalue weighted by Crippen LogP contribution is 2.57. The summed E-state index contributed by atoms with van der Waals surface area (Å²) >= 11 is 0. The van der Waals surface area contributed by atoms with Crippen molar-refractivity contribution in [2.75, 3.05) is 0 Å². The van der Waals surface area contributed by atoms with Crippen molar-refractivity contribution in [3.05, 3.63) is 24.3 Å². The van der Waals surface area contributed by atoms with Gasteiger partial charge in [-0.15, -0.1) is 0 Å². The van der Waals surface area contributed by atoms with E-state index >= 15 is 0 Å². The molecule has 0 heterocycles. The molecule has 1 saturated carbocycles. The van der Waals surface area contributed by atoms with Crippen LogP contribution in [0.5, 0.6) is 0 Å². The number of allylic oxidation sites excluding steroid dienone is 4. The van der Waals surface area contributed by atoms with Crippen LogP contribution in [0.4, 0.5) is 0 Å². The molecule has 3 aliphatic rings. The van der Waals surface area contributed by atoms with Crippen molar-refractivity contribution in [1.82, 2.24) is 0 Å². The third kappa shape index (κ3) is 0.756. The van der Waals surface area contributed by atoms with Gasteiger partial charge in [-0.3, -0.25) is 0 Å². The largest absolute Gasteiger partial charge is 0.0879 e. The Balaban J connectivity index is 0.000000224. The summed E-state index contributed by atoms with van der Waals surface area (Å²) in [5.41, 5.74) is 0. The maximum absolute atomic E-state index is 2.41. The average Bonchev–Trinajstić information content (AvgIpc) is 2.38. The first-order valence-electron chi connectivity index (χ1n) is 4.82. The number of fused-ring (bicyclic) bond motifs is 4. The molecule has 0 N–H and O–H groups in total. The first kappa shape index (κ1) is 7.15. The van der Waals surface area contributed by atoms with Crippen molar-refractivity contribution >= 4 is 0 Å². The Morgan fingerprint density at radius 3 is 2.09 bits per heavy atom. The van der Waals surface area contributed by atoms with E-state index < -0.39 is 0 Å². The second-order valence-corrected chi connectivity index (χ2v) is 3.44. The lowest BCUT2D eigenvalue weighted by atomic mass is 9.53. The summed E-state index contributed by atoms with van der Waals surface area (Å²) in [6.45, 7) is 4.00. The summed E-state index contributed by atoms with van der Waals surface area (Å²) in [6, 6.07) is 0. The quantitative estimate of drug-likeness (QED) is 0.463. The molecule has 4 unspecified atom stereocenters. The van der Waals surface area contributed by atoms with Gasteiger partial charge in [-0.05, 0) is 30.1 Å². The summed E-state index contributed by atoms with van der Waals surface area (Å²) < 4.78 is 0. The highest BCUT2D eigenvalue weighted by Gasteiger charge is 2.51. The molecule has 0 heteroatoms. The molecule has 0 aromatic rings. The molecule has 0 saturated heterocycles. The van der Waals surface area contributed by atoms with E-state index in [9.17, 15) is 0 Å². The third-order valence-corrected chi connectivity index (χ3v) is 3.20. The van der Waals surface area contributed by atoms with Gasteiger partial charge in [0, 0.05) is 0 Å². The molecule has 60 valence electrons. The number of rotatable bonds is 0. The molecule has 0 aromatic carbocycles. The Morgan fingerprint density at radius 2 is 1.55 bits per heavy atom. The lowest BCUT2D eigenvalue weighted by Gasteiger charge is -2.51. The van der Waals surface area contributed by atoms with Crippen LogP contribution in [0, 0.1) is 23.7 Å². The van der Waals surface area contributed by atoms with Crippen molar-refractivity contribution in [3.8, 4) is 0 Å². The first-order chi connectivity index (χ1) is 5.47. The van der Waals surface area contributed by atoms with Gasteiger partial charge in [-0.1, -0.05) is 38.2 Å². The van der Waals surface area contributed by atoms with E-state index in [4.69, 9.17) is 0 Å². The Labute approximate surface area is 69.0 Å². The van der Waals surface area contributed by atoms with E-state index in [1.165, 1.54) is 6.42 Å².